The van der Waals surface area contributed by atoms with Crippen molar-refractivity contribution < 1.29 is 13.2 Å². The van der Waals surface area contributed by atoms with Gasteiger partial charge in [0.2, 0.25) is 0 Å². The van der Waals surface area contributed by atoms with Crippen molar-refractivity contribution in [2.24, 2.45) is 5.73 Å². The number of hydrogen-bond acceptors (Lipinski definition) is 3. The van der Waals surface area contributed by atoms with Crippen molar-refractivity contribution >= 4 is 0 Å². The van der Waals surface area contributed by atoms with Gasteiger partial charge in [0.15, 0.2) is 0 Å². The van der Waals surface area contributed by atoms with Gasteiger partial charge in [0, 0.05) is 0 Å². The van der Waals surface area contributed by atoms with E-state index in [1.54, 1.807) is 0 Å². The number of nitrogens with zero attached hydrogens (tertiary/aromatic N) is 3. The van der Waals surface area contributed by atoms with Gasteiger partial charge in [-0.25, -0.2) is 9.67 Å². The molecule has 2 aromatic rings. The molecule has 0 saturated heterocycles. The molecule has 1 aromatic heterocycles. The fourth-order valence-electron chi connectivity index (χ4n) is 1.36. The quantitative estimate of drug-likeness (QED) is 0.874. The van der Waals surface area contributed by atoms with Crippen molar-refractivity contribution in [2.45, 2.75) is 12.2 Å². The van der Waals surface area contributed by atoms with Gasteiger partial charge in [0.1, 0.15) is 18.7 Å². The number of rotatable bonds is 2. The van der Waals surface area contributed by atoms with E-state index in [2.05, 4.69) is 10.1 Å². The maximum Gasteiger partial charge on any atom is 0.407 e. The highest BCUT2D eigenvalue weighted by Gasteiger charge is 2.37. The molecule has 0 aliphatic rings. The molecule has 4 nitrogen and oxygen atoms in total. The largest absolute Gasteiger partial charge is 0.407 e. The molecule has 0 radical (unpaired) electrons. The first-order valence-electron chi connectivity index (χ1n) is 4.76. The van der Waals surface area contributed by atoms with Crippen molar-refractivity contribution in [1.29, 1.82) is 0 Å². The van der Waals surface area contributed by atoms with Gasteiger partial charge in [-0.1, -0.05) is 12.1 Å². The highest BCUT2D eigenvalue weighted by molar-refractivity contribution is 5.34. The summed E-state index contributed by atoms with van der Waals surface area (Å²) in [6.07, 6.45) is -1.64. The molecular weight excluding hydrogens is 233 g/mol. The van der Waals surface area contributed by atoms with E-state index in [4.69, 9.17) is 5.73 Å². The zero-order valence-corrected chi connectivity index (χ0v) is 8.59. The lowest BCUT2D eigenvalue weighted by atomic mass is 10.1. The smallest absolute Gasteiger partial charge is 0.316 e. The average molecular weight is 242 g/mol. The summed E-state index contributed by atoms with van der Waals surface area (Å²) in [4.78, 5) is 3.74. The molecule has 0 saturated carbocycles. The van der Waals surface area contributed by atoms with Crippen LogP contribution in [0.25, 0.3) is 5.69 Å². The number of hydrogen-bond donors (Lipinski definition) is 1. The van der Waals surface area contributed by atoms with E-state index in [0.29, 0.717) is 5.69 Å². The molecule has 0 bridgehead atoms. The number of benzene rings is 1. The van der Waals surface area contributed by atoms with Crippen LogP contribution in [-0.4, -0.2) is 20.9 Å². The normalized spacial score (nSPS) is 13.6. The van der Waals surface area contributed by atoms with Gasteiger partial charge in [0.05, 0.1) is 5.69 Å². The highest BCUT2D eigenvalue weighted by Crippen LogP contribution is 2.30. The second-order valence-electron chi connectivity index (χ2n) is 3.45. The molecule has 0 aliphatic heterocycles. The predicted octanol–water partition coefficient (Wildman–Crippen LogP) is 1.83. The molecule has 0 spiro atoms. The third-order valence-electron chi connectivity index (χ3n) is 2.29. The van der Waals surface area contributed by atoms with Crippen molar-refractivity contribution in [2.75, 3.05) is 0 Å². The maximum absolute atomic E-state index is 12.4. The number of aromatic nitrogens is 3. The van der Waals surface area contributed by atoms with Crippen LogP contribution in [0.3, 0.4) is 0 Å². The second-order valence-corrected chi connectivity index (χ2v) is 3.45. The zero-order valence-electron chi connectivity index (χ0n) is 8.59. The van der Waals surface area contributed by atoms with Crippen LogP contribution in [0.5, 0.6) is 0 Å². The third-order valence-corrected chi connectivity index (χ3v) is 2.29. The van der Waals surface area contributed by atoms with Crippen LogP contribution in [0, 0.1) is 0 Å². The Kier molecular flexibility index (Phi) is 2.84. The van der Waals surface area contributed by atoms with Gasteiger partial charge in [-0.05, 0) is 17.7 Å². The first kappa shape index (κ1) is 11.6. The van der Waals surface area contributed by atoms with E-state index >= 15 is 0 Å². The van der Waals surface area contributed by atoms with Gasteiger partial charge >= 0.3 is 6.18 Å². The van der Waals surface area contributed by atoms with Crippen molar-refractivity contribution in [1.82, 2.24) is 14.8 Å². The Morgan fingerprint density at radius 2 is 1.82 bits per heavy atom. The van der Waals surface area contributed by atoms with Crippen molar-refractivity contribution in [3.8, 4) is 5.69 Å². The summed E-state index contributed by atoms with van der Waals surface area (Å²) in [6.45, 7) is 0. The molecule has 90 valence electrons. The fraction of sp³-hybridized carbons (Fsp3) is 0.200. The van der Waals surface area contributed by atoms with E-state index < -0.39 is 12.2 Å². The monoisotopic (exact) mass is 242 g/mol. The van der Waals surface area contributed by atoms with Crippen LogP contribution in [0.2, 0.25) is 0 Å². The van der Waals surface area contributed by atoms with Crippen molar-refractivity contribution in [3.63, 3.8) is 0 Å². The molecule has 2 rings (SSSR count). The van der Waals surface area contributed by atoms with E-state index in [-0.39, 0.29) is 5.56 Å². The zero-order chi connectivity index (χ0) is 12.5. The Labute approximate surface area is 94.9 Å². The topological polar surface area (TPSA) is 56.7 Å². The van der Waals surface area contributed by atoms with Crippen LogP contribution in [0.1, 0.15) is 11.6 Å². The summed E-state index contributed by atoms with van der Waals surface area (Å²) in [7, 11) is 0. The minimum atomic E-state index is -4.44. The van der Waals surface area contributed by atoms with Gasteiger partial charge in [0.25, 0.3) is 0 Å². The molecule has 0 amide bonds. The average Bonchev–Trinajstić information content (AvgIpc) is 2.80. The Morgan fingerprint density at radius 3 is 2.29 bits per heavy atom. The van der Waals surface area contributed by atoms with Gasteiger partial charge < -0.3 is 5.73 Å². The van der Waals surface area contributed by atoms with E-state index in [0.717, 1.165) is 0 Å². The lowest BCUT2D eigenvalue weighted by Crippen LogP contribution is -2.28. The molecule has 0 unspecified atom stereocenters. The summed E-state index contributed by atoms with van der Waals surface area (Å²) in [5, 5.41) is 3.86. The van der Waals surface area contributed by atoms with Gasteiger partial charge in [-0.2, -0.15) is 18.3 Å². The van der Waals surface area contributed by atoms with E-state index in [1.165, 1.54) is 41.6 Å². The number of halogens is 3. The Hall–Kier alpha value is -1.89. The molecule has 1 heterocycles. The molecule has 0 fully saturated rings. The highest BCUT2D eigenvalue weighted by atomic mass is 19.4. The van der Waals surface area contributed by atoms with Gasteiger partial charge in [-0.15, -0.1) is 0 Å². The fourth-order valence-corrected chi connectivity index (χ4v) is 1.36. The first-order chi connectivity index (χ1) is 7.98. The lowest BCUT2D eigenvalue weighted by molar-refractivity contribution is -0.149. The van der Waals surface area contributed by atoms with Crippen LogP contribution in [-0.2, 0) is 0 Å². The van der Waals surface area contributed by atoms with E-state index in [9.17, 15) is 13.2 Å². The molecule has 0 aliphatic carbocycles. The van der Waals surface area contributed by atoms with Crippen LogP contribution in [0.15, 0.2) is 36.9 Å². The van der Waals surface area contributed by atoms with E-state index in [1.807, 2.05) is 0 Å². The van der Waals surface area contributed by atoms with Crippen LogP contribution < -0.4 is 5.73 Å². The molecule has 17 heavy (non-hydrogen) atoms. The summed E-state index contributed by atoms with van der Waals surface area (Å²) in [5.74, 6) is 0. The molecule has 1 atom stereocenters. The second kappa shape index (κ2) is 4.17. The summed E-state index contributed by atoms with van der Waals surface area (Å²) in [6, 6.07) is 3.71. The molecule has 7 heteroatoms. The summed E-state index contributed by atoms with van der Waals surface area (Å²) in [5.41, 5.74) is 5.72. The first-order valence-corrected chi connectivity index (χ1v) is 4.76. The molecule has 1 aromatic carbocycles. The molecular formula is C10H9F3N4. The van der Waals surface area contributed by atoms with Crippen molar-refractivity contribution in [3.05, 3.63) is 42.5 Å². The Bertz CT molecular complexity index is 475. The van der Waals surface area contributed by atoms with Gasteiger partial charge in [-0.3, -0.25) is 0 Å². The lowest BCUT2D eigenvalue weighted by Gasteiger charge is -2.15. The van der Waals surface area contributed by atoms with Crippen LogP contribution >= 0.6 is 0 Å². The Balaban J connectivity index is 2.25. The minimum Gasteiger partial charge on any atom is -0.316 e. The molecule has 2 N–H and O–H groups in total. The SMILES string of the molecule is N[C@@H](c1ccc(-n2cncn2)cc1)C(F)(F)F. The minimum absolute atomic E-state index is 0.0152. The summed E-state index contributed by atoms with van der Waals surface area (Å²) < 4.78 is 38.5. The Morgan fingerprint density at radius 1 is 1.18 bits per heavy atom. The van der Waals surface area contributed by atoms with Crippen LogP contribution in [0.4, 0.5) is 13.2 Å². The standard InChI is InChI=1S/C10H9F3N4/c11-10(12,13)9(14)7-1-3-8(4-2-7)17-6-15-5-16-17/h1-6,9H,14H2/t9-/m0/s1. The summed E-state index contributed by atoms with van der Waals surface area (Å²) >= 11 is 0. The third kappa shape index (κ3) is 2.44. The number of alkyl halides is 3. The predicted molar refractivity (Wildman–Crippen MR) is 54.3 cm³/mol. The number of nitrogens with two attached hydrogens (primary N) is 1. The maximum atomic E-state index is 12.4.